The summed E-state index contributed by atoms with van der Waals surface area (Å²) >= 11 is 0. The number of fused-ring (bicyclic) bond motifs is 1. The second kappa shape index (κ2) is 11.1. The molecular formula is C28H32N4O5. The molecule has 37 heavy (non-hydrogen) atoms. The number of amides is 3. The Morgan fingerprint density at radius 1 is 1.16 bits per heavy atom. The summed E-state index contributed by atoms with van der Waals surface area (Å²) in [6.45, 7) is 9.82. The maximum atomic E-state index is 12.8. The second-order valence-electron chi connectivity index (χ2n) is 9.55. The molecule has 3 amide bonds. The molecule has 1 atom stereocenters. The summed E-state index contributed by atoms with van der Waals surface area (Å²) in [5.41, 5.74) is 4.33. The second-order valence-corrected chi connectivity index (χ2v) is 9.55. The average Bonchev–Trinajstić information content (AvgIpc) is 3.23. The van der Waals surface area contributed by atoms with Crippen LogP contribution >= 0.6 is 0 Å². The van der Waals surface area contributed by atoms with Crippen molar-refractivity contribution in [3.05, 3.63) is 71.3 Å². The van der Waals surface area contributed by atoms with E-state index in [9.17, 15) is 14.4 Å². The van der Waals surface area contributed by atoms with Crippen LogP contribution in [-0.2, 0) is 27.4 Å². The predicted octanol–water partition coefficient (Wildman–Crippen LogP) is 1.92. The molecule has 2 aromatic carbocycles. The molecule has 3 heterocycles. The Kier molecular flexibility index (Phi) is 7.52. The standard InChI is InChI=1S/C28H32N4O5/c1-19-24-6-5-20(15-22(24)18-32(19)25-7-8-26(33)30-28(25)35)17-29-27(34)21-3-2-4-23(16-21)37-14-11-31-9-12-36-13-10-31/h2-6,15-16,25H,1,7-14,17-18H2,(H,29,34)(H,30,33,35). The molecule has 0 aliphatic carbocycles. The molecule has 2 aromatic rings. The van der Waals surface area contributed by atoms with Crippen molar-refractivity contribution in [3.63, 3.8) is 0 Å². The van der Waals surface area contributed by atoms with Gasteiger partial charge in [0.25, 0.3) is 5.91 Å². The molecule has 9 heteroatoms. The van der Waals surface area contributed by atoms with Crippen LogP contribution in [0.15, 0.2) is 49.0 Å². The van der Waals surface area contributed by atoms with Crippen molar-refractivity contribution in [2.45, 2.75) is 32.0 Å². The van der Waals surface area contributed by atoms with E-state index < -0.39 is 6.04 Å². The summed E-state index contributed by atoms with van der Waals surface area (Å²) in [6, 6.07) is 12.8. The van der Waals surface area contributed by atoms with E-state index in [1.807, 2.05) is 35.2 Å². The fourth-order valence-electron chi connectivity index (χ4n) is 5.01. The summed E-state index contributed by atoms with van der Waals surface area (Å²) in [7, 11) is 0. The van der Waals surface area contributed by atoms with Crippen LogP contribution in [0.3, 0.4) is 0 Å². The maximum absolute atomic E-state index is 12.8. The van der Waals surface area contributed by atoms with Gasteiger partial charge in [-0.1, -0.05) is 30.8 Å². The van der Waals surface area contributed by atoms with E-state index in [4.69, 9.17) is 9.47 Å². The van der Waals surface area contributed by atoms with Gasteiger partial charge in [0, 0.05) is 56.0 Å². The molecule has 0 aromatic heterocycles. The minimum absolute atomic E-state index is 0.172. The van der Waals surface area contributed by atoms with Gasteiger partial charge in [-0.05, 0) is 35.7 Å². The van der Waals surface area contributed by atoms with E-state index >= 15 is 0 Å². The molecule has 2 saturated heterocycles. The highest BCUT2D eigenvalue weighted by molar-refractivity contribution is 6.01. The van der Waals surface area contributed by atoms with E-state index in [1.165, 1.54) is 0 Å². The lowest BCUT2D eigenvalue weighted by atomic mass is 10.0. The number of hydrogen-bond donors (Lipinski definition) is 2. The SMILES string of the molecule is C=C1c2ccc(CNC(=O)c3cccc(OCCN4CCOCC4)c3)cc2CN1C1CCC(=O)NC1=O. The van der Waals surface area contributed by atoms with Gasteiger partial charge in [0.2, 0.25) is 11.8 Å². The number of benzene rings is 2. The zero-order chi connectivity index (χ0) is 25.8. The number of imide groups is 1. The van der Waals surface area contributed by atoms with Crippen LogP contribution < -0.4 is 15.4 Å². The first kappa shape index (κ1) is 25.0. The van der Waals surface area contributed by atoms with E-state index in [2.05, 4.69) is 22.1 Å². The van der Waals surface area contributed by atoms with E-state index in [1.54, 1.807) is 12.1 Å². The number of nitrogens with zero attached hydrogens (tertiary/aromatic N) is 2. The molecule has 0 saturated carbocycles. The lowest BCUT2D eigenvalue weighted by Gasteiger charge is -2.31. The highest BCUT2D eigenvalue weighted by Crippen LogP contribution is 2.35. The van der Waals surface area contributed by atoms with Crippen molar-refractivity contribution in [3.8, 4) is 5.75 Å². The van der Waals surface area contributed by atoms with Crippen molar-refractivity contribution in [1.82, 2.24) is 20.4 Å². The predicted molar refractivity (Wildman–Crippen MR) is 138 cm³/mol. The van der Waals surface area contributed by atoms with Gasteiger partial charge in [0.05, 0.1) is 13.2 Å². The molecule has 2 N–H and O–H groups in total. The first-order chi connectivity index (χ1) is 18.0. The van der Waals surface area contributed by atoms with Gasteiger partial charge in [-0.2, -0.15) is 0 Å². The van der Waals surface area contributed by atoms with Crippen LogP contribution in [0.1, 0.15) is 39.9 Å². The van der Waals surface area contributed by atoms with Crippen molar-refractivity contribution in [2.24, 2.45) is 0 Å². The van der Waals surface area contributed by atoms with Gasteiger partial charge in [-0.15, -0.1) is 0 Å². The van der Waals surface area contributed by atoms with Gasteiger partial charge in [0.1, 0.15) is 18.4 Å². The number of hydrogen-bond acceptors (Lipinski definition) is 7. The smallest absolute Gasteiger partial charge is 0.251 e. The third kappa shape index (κ3) is 5.84. The molecule has 0 bridgehead atoms. The molecule has 5 rings (SSSR count). The zero-order valence-electron chi connectivity index (χ0n) is 20.8. The van der Waals surface area contributed by atoms with Gasteiger partial charge < -0.3 is 19.7 Å². The summed E-state index contributed by atoms with van der Waals surface area (Å²) in [5, 5.41) is 5.40. The minimum Gasteiger partial charge on any atom is -0.492 e. The Balaban J connectivity index is 1.15. The van der Waals surface area contributed by atoms with Crippen molar-refractivity contribution in [2.75, 3.05) is 39.5 Å². The molecular weight excluding hydrogens is 472 g/mol. The van der Waals surface area contributed by atoms with Crippen molar-refractivity contribution in [1.29, 1.82) is 0 Å². The quantitative estimate of drug-likeness (QED) is 0.530. The number of morpholine rings is 1. The number of nitrogens with one attached hydrogen (secondary N) is 2. The fraction of sp³-hybridized carbons (Fsp3) is 0.393. The van der Waals surface area contributed by atoms with Crippen LogP contribution in [0.5, 0.6) is 5.75 Å². The molecule has 0 radical (unpaired) electrons. The molecule has 0 spiro atoms. The molecule has 1 unspecified atom stereocenters. The normalized spacial score (nSPS) is 19.9. The summed E-state index contributed by atoms with van der Waals surface area (Å²) < 4.78 is 11.2. The molecule has 2 fully saturated rings. The number of ether oxygens (including phenoxy) is 2. The van der Waals surface area contributed by atoms with Crippen molar-refractivity contribution >= 4 is 23.4 Å². The van der Waals surface area contributed by atoms with E-state index in [0.717, 1.165) is 55.2 Å². The van der Waals surface area contributed by atoms with Gasteiger partial charge in [-0.3, -0.25) is 24.6 Å². The van der Waals surface area contributed by atoms with Crippen LogP contribution in [0.4, 0.5) is 0 Å². The Labute approximate surface area is 216 Å². The third-order valence-electron chi connectivity index (χ3n) is 7.08. The highest BCUT2D eigenvalue weighted by Gasteiger charge is 2.36. The van der Waals surface area contributed by atoms with Gasteiger partial charge >= 0.3 is 0 Å². The molecule has 194 valence electrons. The first-order valence-corrected chi connectivity index (χ1v) is 12.7. The number of carbonyl (C=O) groups excluding carboxylic acids is 3. The van der Waals surface area contributed by atoms with Gasteiger partial charge in [0.15, 0.2) is 0 Å². The van der Waals surface area contributed by atoms with Crippen LogP contribution in [0, 0.1) is 0 Å². The Bertz CT molecular complexity index is 1210. The number of rotatable bonds is 8. The topological polar surface area (TPSA) is 100 Å². The Morgan fingerprint density at radius 3 is 2.81 bits per heavy atom. The lowest BCUT2D eigenvalue weighted by molar-refractivity contribution is -0.136. The molecule has 3 aliphatic heterocycles. The highest BCUT2D eigenvalue weighted by atomic mass is 16.5. The summed E-state index contributed by atoms with van der Waals surface area (Å²) in [5.74, 6) is -0.00381. The van der Waals surface area contributed by atoms with Crippen LogP contribution in [0.25, 0.3) is 5.70 Å². The summed E-state index contributed by atoms with van der Waals surface area (Å²) in [4.78, 5) is 40.9. The van der Waals surface area contributed by atoms with E-state index in [-0.39, 0.29) is 17.7 Å². The Hall–Kier alpha value is -3.69. The summed E-state index contributed by atoms with van der Waals surface area (Å²) in [6.07, 6.45) is 0.810. The number of piperidine rings is 1. The van der Waals surface area contributed by atoms with Crippen LogP contribution in [-0.4, -0.2) is 73.0 Å². The third-order valence-corrected chi connectivity index (χ3v) is 7.08. The zero-order valence-corrected chi connectivity index (χ0v) is 20.8. The molecule has 3 aliphatic rings. The number of carbonyl (C=O) groups is 3. The van der Waals surface area contributed by atoms with Crippen molar-refractivity contribution < 1.29 is 23.9 Å². The lowest BCUT2D eigenvalue weighted by Crippen LogP contribution is -2.50. The first-order valence-electron chi connectivity index (χ1n) is 12.7. The van der Waals surface area contributed by atoms with Gasteiger partial charge in [-0.25, -0.2) is 0 Å². The average molecular weight is 505 g/mol. The minimum atomic E-state index is -0.399. The molecule has 9 nitrogen and oxygen atoms in total. The maximum Gasteiger partial charge on any atom is 0.251 e. The monoisotopic (exact) mass is 504 g/mol. The van der Waals surface area contributed by atoms with Crippen LogP contribution in [0.2, 0.25) is 0 Å². The van der Waals surface area contributed by atoms with E-state index in [0.29, 0.717) is 43.9 Å². The fourth-order valence-corrected chi connectivity index (χ4v) is 5.01. The Morgan fingerprint density at radius 2 is 2.00 bits per heavy atom. The largest absolute Gasteiger partial charge is 0.492 e.